The number of hydrogen-bond donors (Lipinski definition) is 2. The maximum absolute atomic E-state index is 9.25. The van der Waals surface area contributed by atoms with E-state index in [0.717, 1.165) is 0 Å². The average Bonchev–Trinajstić information content (AvgIpc) is 2.49. The van der Waals surface area contributed by atoms with Gasteiger partial charge in [0.2, 0.25) is 0 Å². The number of aryl methyl sites for hydroxylation is 1. The van der Waals surface area contributed by atoms with Crippen LogP contribution in [-0.2, 0) is 7.05 Å². The van der Waals surface area contributed by atoms with Crippen molar-refractivity contribution < 1.29 is 10.2 Å². The van der Waals surface area contributed by atoms with Gasteiger partial charge in [-0.3, -0.25) is 4.68 Å². The Morgan fingerprint density at radius 2 is 2.33 bits per heavy atom. The molecule has 0 radical (unpaired) electrons. The molecule has 2 N–H and O–H groups in total. The molecule has 0 aliphatic rings. The van der Waals surface area contributed by atoms with E-state index < -0.39 is 12.2 Å². The summed E-state index contributed by atoms with van der Waals surface area (Å²) < 4.78 is 1.49. The zero-order chi connectivity index (χ0) is 9.14. The molecule has 2 atom stereocenters. The molecular formula is C7H9N3O2. The van der Waals surface area contributed by atoms with Crippen molar-refractivity contribution in [2.45, 2.75) is 12.2 Å². The minimum absolute atomic E-state index is 0.298. The Morgan fingerprint density at radius 3 is 2.75 bits per heavy atom. The lowest BCUT2D eigenvalue weighted by molar-refractivity contribution is 0.0495. The minimum atomic E-state index is -1.42. The van der Waals surface area contributed by atoms with Crippen molar-refractivity contribution in [3.8, 4) is 6.07 Å². The molecule has 0 bridgehead atoms. The summed E-state index contributed by atoms with van der Waals surface area (Å²) in [7, 11) is 1.69. The first kappa shape index (κ1) is 8.71. The van der Waals surface area contributed by atoms with Gasteiger partial charge in [-0.2, -0.15) is 10.4 Å². The summed E-state index contributed by atoms with van der Waals surface area (Å²) in [5, 5.41) is 30.3. The van der Waals surface area contributed by atoms with Crippen LogP contribution in [0.25, 0.3) is 0 Å². The van der Waals surface area contributed by atoms with Crippen molar-refractivity contribution in [1.82, 2.24) is 9.78 Å². The predicted octanol–water partition coefficient (Wildman–Crippen LogP) is -0.662. The largest absolute Gasteiger partial charge is 0.383 e. The van der Waals surface area contributed by atoms with Gasteiger partial charge >= 0.3 is 0 Å². The molecule has 1 aromatic heterocycles. The van der Waals surface area contributed by atoms with E-state index in [2.05, 4.69) is 5.10 Å². The molecule has 1 aromatic rings. The van der Waals surface area contributed by atoms with E-state index >= 15 is 0 Å². The van der Waals surface area contributed by atoms with Gasteiger partial charge in [-0.25, -0.2) is 0 Å². The highest BCUT2D eigenvalue weighted by molar-refractivity contribution is 5.08. The Bertz CT molecular complexity index is 302. The lowest BCUT2D eigenvalue weighted by Gasteiger charge is -2.07. The Hall–Kier alpha value is -1.38. The van der Waals surface area contributed by atoms with Gasteiger partial charge in [0.1, 0.15) is 6.10 Å². The van der Waals surface area contributed by atoms with Gasteiger partial charge in [-0.15, -0.1) is 0 Å². The van der Waals surface area contributed by atoms with Crippen molar-refractivity contribution in [3.05, 3.63) is 18.0 Å². The van der Waals surface area contributed by atoms with Crippen LogP contribution >= 0.6 is 0 Å². The Kier molecular flexibility index (Phi) is 2.43. The second-order valence-corrected chi connectivity index (χ2v) is 2.43. The summed E-state index contributed by atoms with van der Waals surface area (Å²) in [6, 6.07) is 3.08. The van der Waals surface area contributed by atoms with E-state index in [1.165, 1.54) is 10.8 Å². The normalized spacial score (nSPS) is 15.2. The third-order valence-electron chi connectivity index (χ3n) is 1.47. The number of nitrogens with zero attached hydrogens (tertiary/aromatic N) is 3. The fraction of sp³-hybridized carbons (Fsp3) is 0.429. The van der Waals surface area contributed by atoms with Gasteiger partial charge in [0.15, 0.2) is 6.10 Å². The average molecular weight is 167 g/mol. The van der Waals surface area contributed by atoms with Gasteiger partial charge in [0.25, 0.3) is 0 Å². The SMILES string of the molecule is Cn1ccc(C(O)C(O)C#N)n1. The van der Waals surface area contributed by atoms with Gasteiger partial charge in [0.05, 0.1) is 11.8 Å². The van der Waals surface area contributed by atoms with Crippen molar-refractivity contribution in [1.29, 1.82) is 5.26 Å². The van der Waals surface area contributed by atoms with Crippen molar-refractivity contribution >= 4 is 0 Å². The van der Waals surface area contributed by atoms with Crippen LogP contribution in [0.15, 0.2) is 12.3 Å². The second-order valence-electron chi connectivity index (χ2n) is 2.43. The van der Waals surface area contributed by atoms with Gasteiger partial charge < -0.3 is 10.2 Å². The smallest absolute Gasteiger partial charge is 0.172 e. The number of rotatable bonds is 2. The second kappa shape index (κ2) is 3.34. The lowest BCUT2D eigenvalue weighted by atomic mass is 10.2. The molecule has 0 spiro atoms. The standard InChI is InChI=1S/C7H9N3O2/c1-10-3-2-5(9-10)7(12)6(11)4-8/h2-3,6-7,11-12H,1H3. The first-order chi connectivity index (χ1) is 5.65. The molecule has 0 aromatic carbocycles. The highest BCUT2D eigenvalue weighted by atomic mass is 16.3. The molecule has 0 saturated heterocycles. The molecule has 0 amide bonds. The zero-order valence-corrected chi connectivity index (χ0v) is 6.55. The number of aliphatic hydroxyl groups excluding tert-OH is 2. The molecule has 0 fully saturated rings. The third kappa shape index (κ3) is 1.61. The molecule has 5 nitrogen and oxygen atoms in total. The Labute approximate surface area is 69.5 Å². The van der Waals surface area contributed by atoms with E-state index in [-0.39, 0.29) is 0 Å². The van der Waals surface area contributed by atoms with Crippen LogP contribution < -0.4 is 0 Å². The van der Waals surface area contributed by atoms with E-state index in [9.17, 15) is 5.11 Å². The summed E-state index contributed by atoms with van der Waals surface area (Å²) >= 11 is 0. The van der Waals surface area contributed by atoms with Crippen LogP contribution in [0.4, 0.5) is 0 Å². The molecule has 12 heavy (non-hydrogen) atoms. The molecule has 64 valence electrons. The first-order valence-corrected chi connectivity index (χ1v) is 3.40. The van der Waals surface area contributed by atoms with Crippen LogP contribution in [0.3, 0.4) is 0 Å². The van der Waals surface area contributed by atoms with E-state index in [0.29, 0.717) is 5.69 Å². The molecule has 1 heterocycles. The molecule has 0 aliphatic carbocycles. The molecular weight excluding hydrogens is 158 g/mol. The summed E-state index contributed by atoms with van der Waals surface area (Å²) in [6.07, 6.45) is -1.01. The van der Waals surface area contributed by atoms with Crippen molar-refractivity contribution in [2.24, 2.45) is 7.05 Å². The van der Waals surface area contributed by atoms with Crippen molar-refractivity contribution in [3.63, 3.8) is 0 Å². The summed E-state index contributed by atoms with van der Waals surface area (Å²) in [4.78, 5) is 0. The third-order valence-corrected chi connectivity index (χ3v) is 1.47. The van der Waals surface area contributed by atoms with Gasteiger partial charge in [-0.05, 0) is 6.07 Å². The lowest BCUT2D eigenvalue weighted by Crippen LogP contribution is -2.16. The zero-order valence-electron chi connectivity index (χ0n) is 6.55. The Morgan fingerprint density at radius 1 is 1.67 bits per heavy atom. The summed E-state index contributed by atoms with van der Waals surface area (Å²) in [5.74, 6) is 0. The number of aromatic nitrogens is 2. The van der Waals surface area contributed by atoms with E-state index in [1.54, 1.807) is 19.3 Å². The number of hydrogen-bond acceptors (Lipinski definition) is 4. The van der Waals surface area contributed by atoms with Crippen LogP contribution in [0.1, 0.15) is 11.8 Å². The first-order valence-electron chi connectivity index (χ1n) is 3.40. The maximum Gasteiger partial charge on any atom is 0.172 e. The predicted molar refractivity (Wildman–Crippen MR) is 39.8 cm³/mol. The van der Waals surface area contributed by atoms with Crippen LogP contribution in [0, 0.1) is 11.3 Å². The quantitative estimate of drug-likeness (QED) is 0.573. The van der Waals surface area contributed by atoms with Crippen LogP contribution in [-0.4, -0.2) is 26.1 Å². The van der Waals surface area contributed by atoms with E-state index in [4.69, 9.17) is 10.4 Å². The summed E-state index contributed by atoms with van der Waals surface area (Å²) in [5.41, 5.74) is 0.298. The van der Waals surface area contributed by atoms with Gasteiger partial charge in [0, 0.05) is 13.2 Å². The molecule has 5 heteroatoms. The highest BCUT2D eigenvalue weighted by Gasteiger charge is 2.19. The molecule has 0 aliphatic heterocycles. The number of nitriles is 1. The monoisotopic (exact) mass is 167 g/mol. The fourth-order valence-electron chi connectivity index (χ4n) is 0.823. The fourth-order valence-corrected chi connectivity index (χ4v) is 0.823. The van der Waals surface area contributed by atoms with Gasteiger partial charge in [-0.1, -0.05) is 0 Å². The molecule has 1 rings (SSSR count). The van der Waals surface area contributed by atoms with Crippen molar-refractivity contribution in [2.75, 3.05) is 0 Å². The van der Waals surface area contributed by atoms with Crippen LogP contribution in [0.2, 0.25) is 0 Å². The highest BCUT2D eigenvalue weighted by Crippen LogP contribution is 2.12. The molecule has 0 saturated carbocycles. The topological polar surface area (TPSA) is 82.1 Å². The minimum Gasteiger partial charge on any atom is -0.383 e. The summed E-state index contributed by atoms with van der Waals surface area (Å²) in [6.45, 7) is 0. The van der Waals surface area contributed by atoms with E-state index in [1.807, 2.05) is 0 Å². The maximum atomic E-state index is 9.25. The Balaban J connectivity index is 2.79. The molecule has 2 unspecified atom stereocenters. The number of aliphatic hydroxyl groups is 2. The van der Waals surface area contributed by atoms with Crippen LogP contribution in [0.5, 0.6) is 0 Å².